The van der Waals surface area contributed by atoms with Gasteiger partial charge in [-0.2, -0.15) is 8.78 Å². The Morgan fingerprint density at radius 2 is 1.77 bits per heavy atom. The van der Waals surface area contributed by atoms with Gasteiger partial charge in [-0.1, -0.05) is 24.8 Å². The van der Waals surface area contributed by atoms with Crippen molar-refractivity contribution in [3.63, 3.8) is 0 Å². The third-order valence-electron chi connectivity index (χ3n) is 3.27. The maximum Gasteiger partial charge on any atom is 0.387 e. The molecule has 0 saturated heterocycles. The number of para-hydroxylation sites is 1. The van der Waals surface area contributed by atoms with Gasteiger partial charge in [0.15, 0.2) is 5.11 Å². The molecule has 3 rings (SSSR count). The van der Waals surface area contributed by atoms with Crippen molar-refractivity contribution in [2.45, 2.75) is 6.61 Å². The summed E-state index contributed by atoms with van der Waals surface area (Å²) >= 11 is 5.37. The molecule has 0 fully saturated rings. The lowest BCUT2D eigenvalue weighted by atomic mass is 10.1. The Bertz CT molecular complexity index is 731. The Morgan fingerprint density at radius 1 is 1.09 bits per heavy atom. The second-order valence-corrected chi connectivity index (χ2v) is 5.02. The van der Waals surface area contributed by atoms with Crippen molar-refractivity contribution in [3.8, 4) is 5.75 Å². The van der Waals surface area contributed by atoms with E-state index in [0.29, 0.717) is 5.11 Å². The quantitative estimate of drug-likeness (QED) is 0.844. The van der Waals surface area contributed by atoms with Gasteiger partial charge < -0.3 is 10.1 Å². The zero-order chi connectivity index (χ0) is 15.7. The van der Waals surface area contributed by atoms with Gasteiger partial charge in [0.2, 0.25) is 0 Å². The molecule has 0 amide bonds. The number of fused-ring (bicyclic) bond motifs is 1. The minimum absolute atomic E-state index is 0.0978. The van der Waals surface area contributed by atoms with E-state index < -0.39 is 6.61 Å². The van der Waals surface area contributed by atoms with E-state index >= 15 is 0 Å². The molecular formula is C16H12F2N2OS. The van der Waals surface area contributed by atoms with Gasteiger partial charge in [0.05, 0.1) is 5.70 Å². The maximum absolute atomic E-state index is 12.2. The number of rotatable bonds is 3. The second kappa shape index (κ2) is 5.73. The number of hydrogen-bond donors (Lipinski definition) is 1. The molecule has 0 aliphatic carbocycles. The van der Waals surface area contributed by atoms with Gasteiger partial charge in [0, 0.05) is 16.9 Å². The zero-order valence-electron chi connectivity index (χ0n) is 11.4. The van der Waals surface area contributed by atoms with Crippen LogP contribution in [-0.2, 0) is 0 Å². The van der Waals surface area contributed by atoms with Crippen LogP contribution in [0, 0.1) is 0 Å². The molecule has 2 aromatic rings. The normalized spacial score (nSPS) is 13.9. The molecule has 1 aliphatic rings. The summed E-state index contributed by atoms with van der Waals surface area (Å²) in [5, 5.41) is 3.61. The smallest absolute Gasteiger partial charge is 0.387 e. The first-order valence-corrected chi connectivity index (χ1v) is 6.91. The van der Waals surface area contributed by atoms with Gasteiger partial charge >= 0.3 is 6.61 Å². The fourth-order valence-electron chi connectivity index (χ4n) is 2.31. The minimum Gasteiger partial charge on any atom is -0.435 e. The lowest BCUT2D eigenvalue weighted by Crippen LogP contribution is -2.37. The van der Waals surface area contributed by atoms with Crippen molar-refractivity contribution in [3.05, 3.63) is 60.7 Å². The van der Waals surface area contributed by atoms with E-state index in [2.05, 4.69) is 16.6 Å². The number of hydrogen-bond acceptors (Lipinski definition) is 2. The Kier molecular flexibility index (Phi) is 3.77. The largest absolute Gasteiger partial charge is 0.435 e. The van der Waals surface area contributed by atoms with Crippen LogP contribution in [0.5, 0.6) is 5.75 Å². The molecule has 0 saturated carbocycles. The molecule has 22 heavy (non-hydrogen) atoms. The second-order valence-electron chi connectivity index (χ2n) is 4.63. The van der Waals surface area contributed by atoms with Crippen LogP contribution in [0.3, 0.4) is 0 Å². The number of benzene rings is 2. The molecule has 0 radical (unpaired) electrons. The van der Waals surface area contributed by atoms with E-state index in [1.54, 1.807) is 17.0 Å². The van der Waals surface area contributed by atoms with Crippen molar-refractivity contribution in [2.24, 2.45) is 0 Å². The highest BCUT2D eigenvalue weighted by atomic mass is 32.1. The molecule has 0 unspecified atom stereocenters. The molecule has 2 aromatic carbocycles. The standard InChI is InChI=1S/C16H12F2N2OS/c1-10-13-4-2-3-5-14(13)19-16(22)20(10)11-6-8-12(9-7-11)21-15(17)18/h2-9,15H,1H2,(H,19,22). The number of ether oxygens (including phenoxy) is 1. The van der Waals surface area contributed by atoms with Crippen LogP contribution in [0.4, 0.5) is 20.2 Å². The van der Waals surface area contributed by atoms with E-state index in [0.717, 1.165) is 22.6 Å². The zero-order valence-corrected chi connectivity index (χ0v) is 12.2. The third-order valence-corrected chi connectivity index (χ3v) is 3.56. The lowest BCUT2D eigenvalue weighted by Gasteiger charge is -2.33. The highest BCUT2D eigenvalue weighted by Gasteiger charge is 2.24. The van der Waals surface area contributed by atoms with Gasteiger partial charge in [-0.15, -0.1) is 0 Å². The van der Waals surface area contributed by atoms with E-state index in [-0.39, 0.29) is 5.75 Å². The van der Waals surface area contributed by atoms with E-state index in [1.165, 1.54) is 12.1 Å². The van der Waals surface area contributed by atoms with Crippen LogP contribution < -0.4 is 15.0 Å². The first kappa shape index (κ1) is 14.5. The van der Waals surface area contributed by atoms with Gasteiger partial charge in [-0.3, -0.25) is 4.90 Å². The molecule has 0 atom stereocenters. The summed E-state index contributed by atoms with van der Waals surface area (Å²) in [4.78, 5) is 1.75. The number of nitrogens with zero attached hydrogens (tertiary/aromatic N) is 1. The van der Waals surface area contributed by atoms with Gasteiger partial charge in [0.1, 0.15) is 5.75 Å². The first-order chi connectivity index (χ1) is 10.6. The SMILES string of the molecule is C=C1c2ccccc2NC(=S)N1c1ccc(OC(F)F)cc1. The van der Waals surface area contributed by atoms with Gasteiger partial charge in [0.25, 0.3) is 0 Å². The van der Waals surface area contributed by atoms with Gasteiger partial charge in [-0.05, 0) is 42.5 Å². The summed E-state index contributed by atoms with van der Waals surface area (Å²) in [7, 11) is 0. The number of nitrogens with one attached hydrogen (secondary N) is 1. The number of thiocarbonyl (C=S) groups is 1. The molecule has 1 heterocycles. The summed E-state index contributed by atoms with van der Waals surface area (Å²) in [6, 6.07) is 13.9. The maximum atomic E-state index is 12.2. The van der Waals surface area contributed by atoms with Crippen molar-refractivity contribution >= 4 is 34.4 Å². The van der Waals surface area contributed by atoms with E-state index in [4.69, 9.17) is 12.2 Å². The summed E-state index contributed by atoms with van der Waals surface area (Å²) < 4.78 is 28.7. The predicted octanol–water partition coefficient (Wildman–Crippen LogP) is 4.48. The van der Waals surface area contributed by atoms with Crippen molar-refractivity contribution in [1.29, 1.82) is 0 Å². The summed E-state index contributed by atoms with van der Waals surface area (Å²) in [6.45, 7) is 1.24. The average Bonchev–Trinajstić information content (AvgIpc) is 2.48. The summed E-state index contributed by atoms with van der Waals surface area (Å²) in [5.74, 6) is 0.0978. The highest BCUT2D eigenvalue weighted by molar-refractivity contribution is 7.80. The van der Waals surface area contributed by atoms with Crippen molar-refractivity contribution in [1.82, 2.24) is 0 Å². The number of anilines is 2. The summed E-state index contributed by atoms with van der Waals surface area (Å²) in [5.41, 5.74) is 3.27. The van der Waals surface area contributed by atoms with Crippen LogP contribution in [0.15, 0.2) is 55.1 Å². The van der Waals surface area contributed by atoms with Gasteiger partial charge in [-0.25, -0.2) is 0 Å². The number of halogens is 2. The molecular weight excluding hydrogens is 306 g/mol. The minimum atomic E-state index is -2.84. The van der Waals surface area contributed by atoms with E-state index in [9.17, 15) is 8.78 Å². The van der Waals surface area contributed by atoms with Crippen molar-refractivity contribution in [2.75, 3.05) is 10.2 Å². The Hall–Kier alpha value is -2.47. The molecule has 112 valence electrons. The van der Waals surface area contributed by atoms with Crippen LogP contribution in [0.25, 0.3) is 5.70 Å². The van der Waals surface area contributed by atoms with Crippen LogP contribution >= 0.6 is 12.2 Å². The average molecular weight is 318 g/mol. The molecule has 0 spiro atoms. The first-order valence-electron chi connectivity index (χ1n) is 6.50. The summed E-state index contributed by atoms with van der Waals surface area (Å²) in [6.07, 6.45) is 0. The molecule has 6 heteroatoms. The monoisotopic (exact) mass is 318 g/mol. The van der Waals surface area contributed by atoms with E-state index in [1.807, 2.05) is 24.3 Å². The van der Waals surface area contributed by atoms with Crippen LogP contribution in [0.2, 0.25) is 0 Å². The fraction of sp³-hybridized carbons (Fsp3) is 0.0625. The molecule has 0 bridgehead atoms. The van der Waals surface area contributed by atoms with Crippen LogP contribution in [-0.4, -0.2) is 11.7 Å². The third kappa shape index (κ3) is 2.65. The predicted molar refractivity (Wildman–Crippen MR) is 87.2 cm³/mol. The highest BCUT2D eigenvalue weighted by Crippen LogP contribution is 2.35. The fourth-order valence-corrected chi connectivity index (χ4v) is 2.63. The lowest BCUT2D eigenvalue weighted by molar-refractivity contribution is -0.0498. The number of alkyl halides is 2. The Morgan fingerprint density at radius 3 is 2.45 bits per heavy atom. The Balaban J connectivity index is 1.92. The topological polar surface area (TPSA) is 24.5 Å². The molecule has 1 aliphatic heterocycles. The Labute approximate surface area is 131 Å². The molecule has 0 aromatic heterocycles. The molecule has 3 nitrogen and oxygen atoms in total. The van der Waals surface area contributed by atoms with Crippen molar-refractivity contribution < 1.29 is 13.5 Å². The van der Waals surface area contributed by atoms with Crippen LogP contribution in [0.1, 0.15) is 5.56 Å². The molecule has 1 N–H and O–H groups in total.